The molecule has 1 saturated heterocycles. The number of carbonyl (C=O) groups is 1. The zero-order valence-electron chi connectivity index (χ0n) is 17.8. The number of likely N-dealkylation sites (tertiary alicyclic amines) is 1. The standard InChI is InChI=1S/C24H32N2O3/c1-18-10-7-8-14-26(18)24(28)23-21(17-29-3)25(19(2)16-22(23)27)15-9-13-20-11-5-4-6-12-20/h4-6,11-12,16,18H,7-10,13-15,17H2,1-3H3. The Morgan fingerprint density at radius 2 is 1.97 bits per heavy atom. The average molecular weight is 397 g/mol. The molecule has 0 aliphatic carbocycles. The molecule has 0 bridgehead atoms. The van der Waals surface area contributed by atoms with Gasteiger partial charge in [-0.2, -0.15) is 0 Å². The summed E-state index contributed by atoms with van der Waals surface area (Å²) in [6, 6.07) is 12.1. The Balaban J connectivity index is 1.90. The summed E-state index contributed by atoms with van der Waals surface area (Å²) in [6.45, 7) is 5.72. The van der Waals surface area contributed by atoms with Crippen molar-refractivity contribution < 1.29 is 9.53 Å². The molecule has 0 N–H and O–H groups in total. The lowest BCUT2D eigenvalue weighted by Gasteiger charge is -2.34. The van der Waals surface area contributed by atoms with Crippen molar-refractivity contribution in [2.24, 2.45) is 0 Å². The fourth-order valence-corrected chi connectivity index (χ4v) is 4.29. The van der Waals surface area contributed by atoms with Crippen LogP contribution in [0, 0.1) is 6.92 Å². The van der Waals surface area contributed by atoms with Gasteiger partial charge < -0.3 is 14.2 Å². The van der Waals surface area contributed by atoms with E-state index in [9.17, 15) is 9.59 Å². The number of ether oxygens (including phenoxy) is 1. The zero-order chi connectivity index (χ0) is 20.8. The number of amides is 1. The van der Waals surface area contributed by atoms with E-state index in [1.165, 1.54) is 5.56 Å². The maximum Gasteiger partial charge on any atom is 0.259 e. The van der Waals surface area contributed by atoms with Crippen molar-refractivity contribution in [2.75, 3.05) is 13.7 Å². The summed E-state index contributed by atoms with van der Waals surface area (Å²) in [7, 11) is 1.61. The Morgan fingerprint density at radius 1 is 1.21 bits per heavy atom. The van der Waals surface area contributed by atoms with E-state index in [1.54, 1.807) is 13.2 Å². The van der Waals surface area contributed by atoms with Gasteiger partial charge in [-0.25, -0.2) is 0 Å². The molecule has 0 spiro atoms. The summed E-state index contributed by atoms with van der Waals surface area (Å²) in [5, 5.41) is 0. The highest BCUT2D eigenvalue weighted by atomic mass is 16.5. The monoisotopic (exact) mass is 396 g/mol. The Morgan fingerprint density at radius 3 is 2.66 bits per heavy atom. The van der Waals surface area contributed by atoms with Crippen LogP contribution in [0.15, 0.2) is 41.2 Å². The number of rotatable bonds is 7. The molecular formula is C24H32N2O3. The van der Waals surface area contributed by atoms with Crippen LogP contribution in [-0.4, -0.2) is 35.1 Å². The number of hydrogen-bond acceptors (Lipinski definition) is 3. The van der Waals surface area contributed by atoms with Crippen LogP contribution in [0.25, 0.3) is 0 Å². The second-order valence-corrected chi connectivity index (χ2v) is 7.99. The number of piperidine rings is 1. The minimum absolute atomic E-state index is 0.147. The predicted molar refractivity (Wildman–Crippen MR) is 115 cm³/mol. The van der Waals surface area contributed by atoms with E-state index < -0.39 is 0 Å². The highest BCUT2D eigenvalue weighted by Crippen LogP contribution is 2.21. The second-order valence-electron chi connectivity index (χ2n) is 7.99. The number of aryl methyl sites for hydroxylation is 2. The van der Waals surface area contributed by atoms with Gasteiger partial charge in [0.25, 0.3) is 5.91 Å². The Bertz CT molecular complexity index is 889. The van der Waals surface area contributed by atoms with Crippen molar-refractivity contribution in [1.29, 1.82) is 0 Å². The largest absolute Gasteiger partial charge is 0.378 e. The van der Waals surface area contributed by atoms with Crippen molar-refractivity contribution in [3.63, 3.8) is 0 Å². The van der Waals surface area contributed by atoms with Gasteiger partial charge in [0.15, 0.2) is 5.43 Å². The lowest BCUT2D eigenvalue weighted by atomic mass is 10.0. The summed E-state index contributed by atoms with van der Waals surface area (Å²) in [4.78, 5) is 28.1. The molecule has 156 valence electrons. The van der Waals surface area contributed by atoms with E-state index >= 15 is 0 Å². The summed E-state index contributed by atoms with van der Waals surface area (Å²) >= 11 is 0. The summed E-state index contributed by atoms with van der Waals surface area (Å²) in [5.74, 6) is -0.147. The number of hydrogen-bond donors (Lipinski definition) is 0. The molecule has 1 aromatic heterocycles. The third-order valence-electron chi connectivity index (χ3n) is 5.88. The van der Waals surface area contributed by atoms with E-state index in [-0.39, 0.29) is 29.5 Å². The van der Waals surface area contributed by atoms with Crippen LogP contribution in [-0.2, 0) is 24.3 Å². The third kappa shape index (κ3) is 4.96. The first kappa shape index (κ1) is 21.3. The molecule has 29 heavy (non-hydrogen) atoms. The smallest absolute Gasteiger partial charge is 0.259 e. The van der Waals surface area contributed by atoms with Gasteiger partial charge in [0.2, 0.25) is 0 Å². The molecule has 1 atom stereocenters. The molecule has 1 amide bonds. The zero-order valence-corrected chi connectivity index (χ0v) is 17.8. The lowest BCUT2D eigenvalue weighted by molar-refractivity contribution is 0.0627. The Kier molecular flexibility index (Phi) is 7.26. The van der Waals surface area contributed by atoms with E-state index in [2.05, 4.69) is 23.6 Å². The number of nitrogens with zero attached hydrogens (tertiary/aromatic N) is 2. The molecule has 0 radical (unpaired) electrons. The minimum Gasteiger partial charge on any atom is -0.378 e. The molecule has 1 aliphatic heterocycles. The SMILES string of the molecule is COCc1c(C(=O)N2CCCCC2C)c(=O)cc(C)n1CCCc1ccccc1. The molecule has 1 unspecified atom stereocenters. The molecule has 5 nitrogen and oxygen atoms in total. The van der Waals surface area contributed by atoms with E-state index in [0.29, 0.717) is 12.2 Å². The lowest BCUT2D eigenvalue weighted by Crippen LogP contribution is -2.44. The summed E-state index contributed by atoms with van der Waals surface area (Å²) in [6.07, 6.45) is 4.99. The fourth-order valence-electron chi connectivity index (χ4n) is 4.29. The van der Waals surface area contributed by atoms with Gasteiger partial charge >= 0.3 is 0 Å². The summed E-state index contributed by atoms with van der Waals surface area (Å²) < 4.78 is 7.51. The van der Waals surface area contributed by atoms with Crippen LogP contribution < -0.4 is 5.43 Å². The predicted octanol–water partition coefficient (Wildman–Crippen LogP) is 3.95. The molecule has 5 heteroatoms. The van der Waals surface area contributed by atoms with E-state index in [4.69, 9.17) is 4.74 Å². The van der Waals surface area contributed by atoms with Gasteiger partial charge in [-0.15, -0.1) is 0 Å². The second kappa shape index (κ2) is 9.88. The highest BCUT2D eigenvalue weighted by Gasteiger charge is 2.29. The van der Waals surface area contributed by atoms with Crippen molar-refractivity contribution in [2.45, 2.75) is 65.1 Å². The van der Waals surface area contributed by atoms with Crippen molar-refractivity contribution >= 4 is 5.91 Å². The molecule has 1 aliphatic rings. The number of pyridine rings is 1. The van der Waals surface area contributed by atoms with E-state index in [1.807, 2.05) is 30.0 Å². The highest BCUT2D eigenvalue weighted by molar-refractivity contribution is 5.95. The topological polar surface area (TPSA) is 51.5 Å². The summed E-state index contributed by atoms with van der Waals surface area (Å²) in [5.41, 5.74) is 2.95. The van der Waals surface area contributed by atoms with Gasteiger partial charge in [-0.3, -0.25) is 9.59 Å². The van der Waals surface area contributed by atoms with E-state index in [0.717, 1.165) is 44.3 Å². The van der Waals surface area contributed by atoms with Gasteiger partial charge in [0.05, 0.1) is 12.3 Å². The van der Waals surface area contributed by atoms with Crippen LogP contribution in [0.1, 0.15) is 59.9 Å². The molecule has 3 rings (SSSR count). The van der Waals surface area contributed by atoms with Crippen LogP contribution in [0.3, 0.4) is 0 Å². The fraction of sp³-hybridized carbons (Fsp3) is 0.500. The first-order valence-electron chi connectivity index (χ1n) is 10.6. The number of aromatic nitrogens is 1. The molecule has 2 heterocycles. The Hall–Kier alpha value is -2.40. The van der Waals surface area contributed by atoms with Crippen LogP contribution in [0.5, 0.6) is 0 Å². The molecule has 1 aromatic carbocycles. The van der Waals surface area contributed by atoms with Crippen LogP contribution in [0.2, 0.25) is 0 Å². The first-order valence-corrected chi connectivity index (χ1v) is 10.6. The normalized spacial score (nSPS) is 16.8. The van der Waals surface area contributed by atoms with Crippen molar-refractivity contribution in [1.82, 2.24) is 9.47 Å². The van der Waals surface area contributed by atoms with Crippen LogP contribution >= 0.6 is 0 Å². The minimum atomic E-state index is -0.198. The van der Waals surface area contributed by atoms with Crippen molar-refractivity contribution in [3.05, 3.63) is 69.1 Å². The number of methoxy groups -OCH3 is 1. The van der Waals surface area contributed by atoms with Gasteiger partial charge in [-0.05, 0) is 51.5 Å². The first-order chi connectivity index (χ1) is 14.0. The van der Waals surface area contributed by atoms with Crippen LogP contribution in [0.4, 0.5) is 0 Å². The van der Waals surface area contributed by atoms with Gasteiger partial charge in [0, 0.05) is 38.0 Å². The average Bonchev–Trinajstić information content (AvgIpc) is 2.71. The molecule has 1 fully saturated rings. The Labute approximate surface area is 173 Å². The van der Waals surface area contributed by atoms with Crippen molar-refractivity contribution in [3.8, 4) is 0 Å². The molecule has 0 saturated carbocycles. The maximum absolute atomic E-state index is 13.3. The quantitative estimate of drug-likeness (QED) is 0.712. The maximum atomic E-state index is 13.3. The molecular weight excluding hydrogens is 364 g/mol. The number of benzene rings is 1. The number of carbonyl (C=O) groups excluding carboxylic acids is 1. The third-order valence-corrected chi connectivity index (χ3v) is 5.88. The molecule has 2 aromatic rings. The van der Waals surface area contributed by atoms with Gasteiger partial charge in [-0.1, -0.05) is 30.3 Å². The van der Waals surface area contributed by atoms with Gasteiger partial charge in [0.1, 0.15) is 5.56 Å².